The number of carbonyl (C=O) groups is 1. The molecule has 0 amide bonds. The molecule has 104 valence electrons. The molecule has 4 nitrogen and oxygen atoms in total. The fourth-order valence-corrected chi connectivity index (χ4v) is 3.15. The van der Waals surface area contributed by atoms with E-state index >= 15 is 0 Å². The molecular weight excluding hydrogens is 230 g/mol. The Morgan fingerprint density at radius 1 is 1.22 bits per heavy atom. The molecular formula is C14H25NO3. The quantitative estimate of drug-likeness (QED) is 0.791. The smallest absolute Gasteiger partial charge is 0.303 e. The monoisotopic (exact) mass is 255 g/mol. The topological polar surface area (TPSA) is 49.8 Å². The average molecular weight is 255 g/mol. The first-order valence-corrected chi connectivity index (χ1v) is 7.33. The number of hydrogen-bond acceptors (Lipinski definition) is 3. The van der Waals surface area contributed by atoms with Crippen molar-refractivity contribution in [2.75, 3.05) is 19.7 Å². The number of aliphatic carboxylic acids is 1. The lowest BCUT2D eigenvalue weighted by Gasteiger charge is -2.36. The lowest BCUT2D eigenvalue weighted by atomic mass is 9.97. The number of ether oxygens (including phenoxy) is 1. The fourth-order valence-electron chi connectivity index (χ4n) is 3.15. The van der Waals surface area contributed by atoms with Crippen molar-refractivity contribution in [1.29, 1.82) is 0 Å². The number of carboxylic acids is 1. The van der Waals surface area contributed by atoms with Crippen LogP contribution in [0.4, 0.5) is 0 Å². The highest BCUT2D eigenvalue weighted by molar-refractivity contribution is 5.66. The lowest BCUT2D eigenvalue weighted by Crippen LogP contribution is -2.41. The maximum absolute atomic E-state index is 10.7. The van der Waals surface area contributed by atoms with Crippen LogP contribution in [0.1, 0.15) is 51.4 Å². The molecule has 2 unspecified atom stereocenters. The summed E-state index contributed by atoms with van der Waals surface area (Å²) in [6, 6.07) is 0.483. The first kappa shape index (κ1) is 13.8. The molecule has 0 saturated carbocycles. The SMILES string of the molecule is O=C(O)CCC1CCCCN1CCC1CCCO1. The van der Waals surface area contributed by atoms with Gasteiger partial charge in [0, 0.05) is 25.6 Å². The zero-order valence-corrected chi connectivity index (χ0v) is 11.1. The molecule has 0 aromatic carbocycles. The van der Waals surface area contributed by atoms with Crippen LogP contribution in [0.2, 0.25) is 0 Å². The van der Waals surface area contributed by atoms with Crippen molar-refractivity contribution in [2.24, 2.45) is 0 Å². The zero-order valence-electron chi connectivity index (χ0n) is 11.1. The Kier molecular flexibility index (Phi) is 5.45. The van der Waals surface area contributed by atoms with Gasteiger partial charge in [0.05, 0.1) is 6.10 Å². The van der Waals surface area contributed by atoms with E-state index in [0.29, 0.717) is 18.6 Å². The van der Waals surface area contributed by atoms with Gasteiger partial charge in [0.1, 0.15) is 0 Å². The third kappa shape index (κ3) is 4.25. The summed E-state index contributed by atoms with van der Waals surface area (Å²) in [4.78, 5) is 13.2. The Bertz CT molecular complexity index is 264. The highest BCUT2D eigenvalue weighted by Crippen LogP contribution is 2.23. The van der Waals surface area contributed by atoms with Gasteiger partial charge in [0.15, 0.2) is 0 Å². The number of rotatable bonds is 6. The van der Waals surface area contributed by atoms with Crippen LogP contribution in [0.25, 0.3) is 0 Å². The van der Waals surface area contributed by atoms with Crippen molar-refractivity contribution >= 4 is 5.97 Å². The van der Waals surface area contributed by atoms with E-state index in [1.54, 1.807) is 0 Å². The molecule has 1 N–H and O–H groups in total. The predicted octanol–water partition coefficient (Wildman–Crippen LogP) is 2.27. The minimum Gasteiger partial charge on any atom is -0.481 e. The molecule has 2 atom stereocenters. The number of likely N-dealkylation sites (tertiary alicyclic amines) is 1. The summed E-state index contributed by atoms with van der Waals surface area (Å²) < 4.78 is 5.66. The summed E-state index contributed by atoms with van der Waals surface area (Å²) in [5.74, 6) is -0.667. The number of nitrogens with zero attached hydrogens (tertiary/aromatic N) is 1. The summed E-state index contributed by atoms with van der Waals surface area (Å²) in [6.45, 7) is 3.14. The summed E-state index contributed by atoms with van der Waals surface area (Å²) >= 11 is 0. The fraction of sp³-hybridized carbons (Fsp3) is 0.929. The van der Waals surface area contributed by atoms with Crippen molar-refractivity contribution in [3.63, 3.8) is 0 Å². The van der Waals surface area contributed by atoms with Crippen LogP contribution in [0.5, 0.6) is 0 Å². The molecule has 0 aliphatic carbocycles. The maximum Gasteiger partial charge on any atom is 0.303 e. The maximum atomic E-state index is 10.7. The van der Waals surface area contributed by atoms with Crippen LogP contribution in [0, 0.1) is 0 Å². The van der Waals surface area contributed by atoms with Crippen molar-refractivity contribution in [3.8, 4) is 0 Å². The van der Waals surface area contributed by atoms with E-state index in [1.165, 1.54) is 32.1 Å². The number of piperidine rings is 1. The summed E-state index contributed by atoms with van der Waals surface area (Å²) in [5.41, 5.74) is 0. The van der Waals surface area contributed by atoms with E-state index in [2.05, 4.69) is 4.90 Å². The molecule has 0 spiro atoms. The van der Waals surface area contributed by atoms with Crippen LogP contribution in [0.3, 0.4) is 0 Å². The van der Waals surface area contributed by atoms with E-state index in [9.17, 15) is 4.79 Å². The van der Waals surface area contributed by atoms with Crippen molar-refractivity contribution < 1.29 is 14.6 Å². The highest BCUT2D eigenvalue weighted by Gasteiger charge is 2.24. The molecule has 2 aliphatic heterocycles. The first-order valence-electron chi connectivity index (χ1n) is 7.33. The van der Waals surface area contributed by atoms with Crippen LogP contribution in [0.15, 0.2) is 0 Å². The molecule has 2 heterocycles. The van der Waals surface area contributed by atoms with Crippen molar-refractivity contribution in [1.82, 2.24) is 4.90 Å². The Labute approximate surface area is 109 Å². The van der Waals surface area contributed by atoms with Crippen LogP contribution < -0.4 is 0 Å². The molecule has 2 fully saturated rings. The molecule has 0 aromatic heterocycles. The van der Waals surface area contributed by atoms with E-state index in [-0.39, 0.29) is 0 Å². The van der Waals surface area contributed by atoms with Gasteiger partial charge in [-0.3, -0.25) is 4.79 Å². The molecule has 0 radical (unpaired) electrons. The van der Waals surface area contributed by atoms with E-state index in [0.717, 1.165) is 32.5 Å². The van der Waals surface area contributed by atoms with Gasteiger partial charge in [0.2, 0.25) is 0 Å². The molecule has 4 heteroatoms. The normalized spacial score (nSPS) is 29.6. The van der Waals surface area contributed by atoms with Gasteiger partial charge in [-0.25, -0.2) is 0 Å². The van der Waals surface area contributed by atoms with Gasteiger partial charge in [-0.15, -0.1) is 0 Å². The average Bonchev–Trinajstić information content (AvgIpc) is 2.88. The van der Waals surface area contributed by atoms with E-state index in [4.69, 9.17) is 9.84 Å². The van der Waals surface area contributed by atoms with E-state index in [1.807, 2.05) is 0 Å². The van der Waals surface area contributed by atoms with Gasteiger partial charge in [-0.05, 0) is 45.1 Å². The number of hydrogen-bond donors (Lipinski definition) is 1. The Morgan fingerprint density at radius 2 is 2.11 bits per heavy atom. The standard InChI is InChI=1S/C14H25NO3/c16-14(17)7-6-12-4-1-2-9-15(12)10-8-13-5-3-11-18-13/h12-13H,1-11H2,(H,16,17). The number of carboxylic acid groups (broad SMARTS) is 1. The minimum atomic E-state index is -0.667. The predicted molar refractivity (Wildman–Crippen MR) is 69.7 cm³/mol. The third-order valence-corrected chi connectivity index (χ3v) is 4.20. The van der Waals surface area contributed by atoms with Crippen molar-refractivity contribution in [3.05, 3.63) is 0 Å². The first-order chi connectivity index (χ1) is 8.75. The van der Waals surface area contributed by atoms with Crippen LogP contribution in [-0.2, 0) is 9.53 Å². The minimum absolute atomic E-state index is 0.307. The molecule has 18 heavy (non-hydrogen) atoms. The molecule has 0 bridgehead atoms. The van der Waals surface area contributed by atoms with Crippen LogP contribution in [-0.4, -0.2) is 47.8 Å². The largest absolute Gasteiger partial charge is 0.481 e. The van der Waals surface area contributed by atoms with Gasteiger partial charge in [0.25, 0.3) is 0 Å². The third-order valence-electron chi connectivity index (χ3n) is 4.20. The molecule has 2 rings (SSSR count). The summed E-state index contributed by atoms with van der Waals surface area (Å²) in [6.07, 6.45) is 8.76. The van der Waals surface area contributed by atoms with Crippen LogP contribution >= 0.6 is 0 Å². The second-order valence-electron chi connectivity index (χ2n) is 5.54. The van der Waals surface area contributed by atoms with Gasteiger partial charge in [-0.1, -0.05) is 6.42 Å². The Morgan fingerprint density at radius 3 is 2.83 bits per heavy atom. The van der Waals surface area contributed by atoms with Crippen molar-refractivity contribution in [2.45, 2.75) is 63.5 Å². The second-order valence-corrected chi connectivity index (χ2v) is 5.54. The highest BCUT2D eigenvalue weighted by atomic mass is 16.5. The summed E-state index contributed by atoms with van der Waals surface area (Å²) in [5, 5.41) is 8.79. The van der Waals surface area contributed by atoms with Gasteiger partial charge >= 0.3 is 5.97 Å². The Hall–Kier alpha value is -0.610. The lowest BCUT2D eigenvalue weighted by molar-refractivity contribution is -0.137. The van der Waals surface area contributed by atoms with Gasteiger partial charge < -0.3 is 14.7 Å². The molecule has 2 aliphatic rings. The molecule has 2 saturated heterocycles. The summed E-state index contributed by atoms with van der Waals surface area (Å²) in [7, 11) is 0. The van der Waals surface area contributed by atoms with Gasteiger partial charge in [-0.2, -0.15) is 0 Å². The second kappa shape index (κ2) is 7.10. The van der Waals surface area contributed by atoms with E-state index < -0.39 is 5.97 Å². The molecule has 0 aromatic rings. The zero-order chi connectivity index (χ0) is 12.8. The Balaban J connectivity index is 1.73.